The van der Waals surface area contributed by atoms with Crippen LogP contribution in [0.15, 0.2) is 24.3 Å². The van der Waals surface area contributed by atoms with E-state index in [-0.39, 0.29) is 12.5 Å². The van der Waals surface area contributed by atoms with E-state index in [1.54, 1.807) is 0 Å². The van der Waals surface area contributed by atoms with E-state index in [4.69, 9.17) is 5.11 Å². The molecule has 4 nitrogen and oxygen atoms in total. The fraction of sp³-hybridized carbons (Fsp3) is 0.529. The minimum absolute atomic E-state index is 0.126. The molecule has 0 radical (unpaired) electrons. The van der Waals surface area contributed by atoms with Gasteiger partial charge in [0.25, 0.3) is 0 Å². The van der Waals surface area contributed by atoms with Crippen LogP contribution in [0.2, 0.25) is 0 Å². The average Bonchev–Trinajstić information content (AvgIpc) is 3.26. The highest BCUT2D eigenvalue weighted by atomic mass is 16.4. The number of carbonyl (C=O) groups is 2. The third-order valence-electron chi connectivity index (χ3n) is 4.55. The van der Waals surface area contributed by atoms with Gasteiger partial charge in [0.2, 0.25) is 5.91 Å². The van der Waals surface area contributed by atoms with Crippen LogP contribution in [-0.2, 0) is 21.4 Å². The molecule has 0 bridgehead atoms. The molecule has 114 valence electrons. The van der Waals surface area contributed by atoms with Gasteiger partial charge >= 0.3 is 5.97 Å². The van der Waals surface area contributed by atoms with E-state index in [1.165, 1.54) is 5.56 Å². The monoisotopic (exact) mass is 289 g/mol. The highest BCUT2D eigenvalue weighted by molar-refractivity contribution is 5.88. The van der Waals surface area contributed by atoms with Crippen LogP contribution < -0.4 is 5.32 Å². The number of aryl methyl sites for hydroxylation is 1. The molecular formula is C17H23NO3. The van der Waals surface area contributed by atoms with Crippen LogP contribution in [0.25, 0.3) is 0 Å². The standard InChI is InChI=1S/C17H23NO3/c1-4-12-5-7-13(8-6-12)16(2,3)14(19)18-11-17(9-10-17)15(20)21/h5-8H,4,9-11H2,1-3H3,(H,18,19)(H,20,21). The molecule has 0 atom stereocenters. The number of nitrogens with one attached hydrogen (secondary N) is 1. The highest BCUT2D eigenvalue weighted by Gasteiger charge is 2.50. The van der Waals surface area contributed by atoms with Gasteiger partial charge in [-0.3, -0.25) is 9.59 Å². The quantitative estimate of drug-likeness (QED) is 0.845. The molecule has 1 aliphatic rings. The van der Waals surface area contributed by atoms with Gasteiger partial charge < -0.3 is 10.4 Å². The summed E-state index contributed by atoms with van der Waals surface area (Å²) in [6.45, 7) is 6.04. The second-order valence-electron chi connectivity index (χ2n) is 6.44. The van der Waals surface area contributed by atoms with Crippen LogP contribution in [0.3, 0.4) is 0 Å². The normalized spacial score (nSPS) is 16.3. The van der Waals surface area contributed by atoms with Crippen LogP contribution in [-0.4, -0.2) is 23.5 Å². The third kappa shape index (κ3) is 3.09. The summed E-state index contributed by atoms with van der Waals surface area (Å²) in [6.07, 6.45) is 2.26. The van der Waals surface area contributed by atoms with Crippen molar-refractivity contribution >= 4 is 11.9 Å². The van der Waals surface area contributed by atoms with Gasteiger partial charge in [0, 0.05) is 6.54 Å². The van der Waals surface area contributed by atoms with E-state index in [0.717, 1.165) is 12.0 Å². The minimum atomic E-state index is -0.812. The molecule has 2 N–H and O–H groups in total. The number of amides is 1. The first-order chi connectivity index (χ1) is 9.82. The summed E-state index contributed by atoms with van der Waals surface area (Å²) in [6, 6.07) is 8.01. The largest absolute Gasteiger partial charge is 0.481 e. The predicted molar refractivity (Wildman–Crippen MR) is 81.2 cm³/mol. The Kier molecular flexibility index (Phi) is 4.08. The predicted octanol–water partition coefficient (Wildman–Crippen LogP) is 2.51. The molecule has 1 aliphatic carbocycles. The average molecular weight is 289 g/mol. The molecule has 4 heteroatoms. The van der Waals surface area contributed by atoms with Crippen molar-refractivity contribution < 1.29 is 14.7 Å². The SMILES string of the molecule is CCc1ccc(C(C)(C)C(=O)NCC2(C(=O)O)CC2)cc1. The zero-order valence-electron chi connectivity index (χ0n) is 12.9. The van der Waals surface area contributed by atoms with Crippen molar-refractivity contribution in [1.82, 2.24) is 5.32 Å². The fourth-order valence-electron chi connectivity index (χ4n) is 2.38. The Labute approximate surface area is 125 Å². The van der Waals surface area contributed by atoms with Crippen molar-refractivity contribution in [3.8, 4) is 0 Å². The molecule has 2 rings (SSSR count). The number of carbonyl (C=O) groups excluding carboxylic acids is 1. The third-order valence-corrected chi connectivity index (χ3v) is 4.55. The van der Waals surface area contributed by atoms with E-state index in [1.807, 2.05) is 38.1 Å². The van der Waals surface area contributed by atoms with Gasteiger partial charge in [0.15, 0.2) is 0 Å². The molecule has 1 amide bonds. The maximum atomic E-state index is 12.4. The van der Waals surface area contributed by atoms with Gasteiger partial charge in [-0.2, -0.15) is 0 Å². The van der Waals surface area contributed by atoms with Crippen molar-refractivity contribution in [1.29, 1.82) is 0 Å². The molecule has 0 heterocycles. The molecule has 1 saturated carbocycles. The van der Waals surface area contributed by atoms with Crippen molar-refractivity contribution in [2.24, 2.45) is 5.41 Å². The zero-order valence-corrected chi connectivity index (χ0v) is 12.9. The summed E-state index contributed by atoms with van der Waals surface area (Å²) in [7, 11) is 0. The number of aliphatic carboxylic acids is 1. The lowest BCUT2D eigenvalue weighted by atomic mass is 9.83. The Morgan fingerprint density at radius 3 is 2.24 bits per heavy atom. The van der Waals surface area contributed by atoms with Crippen LogP contribution >= 0.6 is 0 Å². The molecule has 1 fully saturated rings. The first-order valence-electron chi connectivity index (χ1n) is 7.43. The van der Waals surface area contributed by atoms with Crippen molar-refractivity contribution in [3.63, 3.8) is 0 Å². The number of hydrogen-bond acceptors (Lipinski definition) is 2. The summed E-state index contributed by atoms with van der Waals surface area (Å²) in [5.74, 6) is -0.938. The summed E-state index contributed by atoms with van der Waals surface area (Å²) >= 11 is 0. The maximum Gasteiger partial charge on any atom is 0.311 e. The number of benzene rings is 1. The van der Waals surface area contributed by atoms with E-state index in [2.05, 4.69) is 12.2 Å². The molecule has 1 aromatic rings. The number of hydrogen-bond donors (Lipinski definition) is 2. The summed E-state index contributed by atoms with van der Waals surface area (Å²) < 4.78 is 0. The molecule has 0 unspecified atom stereocenters. The van der Waals surface area contributed by atoms with Gasteiger partial charge in [0.1, 0.15) is 0 Å². The molecule has 1 aromatic carbocycles. The van der Waals surface area contributed by atoms with Gasteiger partial charge in [-0.1, -0.05) is 31.2 Å². The minimum Gasteiger partial charge on any atom is -0.481 e. The second kappa shape index (κ2) is 5.51. The Morgan fingerprint density at radius 2 is 1.81 bits per heavy atom. The Balaban J connectivity index is 2.04. The van der Waals surface area contributed by atoms with E-state index in [9.17, 15) is 9.59 Å². The molecular weight excluding hydrogens is 266 g/mol. The lowest BCUT2D eigenvalue weighted by Gasteiger charge is -2.25. The fourth-order valence-corrected chi connectivity index (χ4v) is 2.38. The van der Waals surface area contributed by atoms with Gasteiger partial charge in [-0.15, -0.1) is 0 Å². The van der Waals surface area contributed by atoms with Crippen LogP contribution in [0.4, 0.5) is 0 Å². The van der Waals surface area contributed by atoms with Gasteiger partial charge in [-0.25, -0.2) is 0 Å². The molecule has 0 saturated heterocycles. The van der Waals surface area contributed by atoms with E-state index >= 15 is 0 Å². The second-order valence-corrected chi connectivity index (χ2v) is 6.44. The Morgan fingerprint density at radius 1 is 1.24 bits per heavy atom. The van der Waals surface area contributed by atoms with Crippen LogP contribution in [0.5, 0.6) is 0 Å². The smallest absolute Gasteiger partial charge is 0.311 e. The zero-order chi connectivity index (χ0) is 15.7. The number of carboxylic acids is 1. The lowest BCUT2D eigenvalue weighted by Crippen LogP contribution is -2.43. The number of rotatable bonds is 6. The number of carboxylic acid groups (broad SMARTS) is 1. The van der Waals surface area contributed by atoms with Crippen molar-refractivity contribution in [2.75, 3.05) is 6.54 Å². The molecule has 0 aliphatic heterocycles. The maximum absolute atomic E-state index is 12.4. The van der Waals surface area contributed by atoms with Gasteiger partial charge in [0.05, 0.1) is 10.8 Å². The summed E-state index contributed by atoms with van der Waals surface area (Å²) in [4.78, 5) is 23.5. The molecule has 21 heavy (non-hydrogen) atoms. The highest BCUT2D eigenvalue weighted by Crippen LogP contribution is 2.45. The van der Waals surface area contributed by atoms with Crippen LogP contribution in [0.1, 0.15) is 44.7 Å². The summed E-state index contributed by atoms with van der Waals surface area (Å²) in [5.41, 5.74) is 0.786. The van der Waals surface area contributed by atoms with Crippen molar-refractivity contribution in [2.45, 2.75) is 45.4 Å². The van der Waals surface area contributed by atoms with E-state index in [0.29, 0.717) is 12.8 Å². The Hall–Kier alpha value is -1.84. The van der Waals surface area contributed by atoms with Gasteiger partial charge in [-0.05, 0) is 44.2 Å². The summed E-state index contributed by atoms with van der Waals surface area (Å²) in [5, 5.41) is 12.0. The van der Waals surface area contributed by atoms with E-state index < -0.39 is 16.8 Å². The van der Waals surface area contributed by atoms with Crippen LogP contribution in [0, 0.1) is 5.41 Å². The topological polar surface area (TPSA) is 66.4 Å². The molecule has 0 aromatic heterocycles. The van der Waals surface area contributed by atoms with Crippen molar-refractivity contribution in [3.05, 3.63) is 35.4 Å². The first kappa shape index (κ1) is 15.5. The lowest BCUT2D eigenvalue weighted by molar-refractivity contribution is -0.143. The molecule has 0 spiro atoms. The first-order valence-corrected chi connectivity index (χ1v) is 7.43. The Bertz CT molecular complexity index is 542.